The summed E-state index contributed by atoms with van der Waals surface area (Å²) in [5.41, 5.74) is -0.148. The van der Waals surface area contributed by atoms with E-state index < -0.39 is 35.6 Å². The van der Waals surface area contributed by atoms with Crippen molar-refractivity contribution in [2.75, 3.05) is 59.1 Å². The molecule has 0 saturated carbocycles. The van der Waals surface area contributed by atoms with Crippen molar-refractivity contribution in [2.45, 2.75) is 63.4 Å². The zero-order chi connectivity index (χ0) is 32.1. The molecule has 1 aromatic carbocycles. The van der Waals surface area contributed by atoms with Crippen LogP contribution in [0.3, 0.4) is 0 Å². The molecule has 2 unspecified atom stereocenters. The third kappa shape index (κ3) is 6.61. The third-order valence-corrected chi connectivity index (χ3v) is 9.93. The summed E-state index contributed by atoms with van der Waals surface area (Å²) >= 11 is 0. The summed E-state index contributed by atoms with van der Waals surface area (Å²) in [5, 5.41) is 10.6. The van der Waals surface area contributed by atoms with E-state index in [-0.39, 0.29) is 30.2 Å². The topological polar surface area (TPSA) is 103 Å². The van der Waals surface area contributed by atoms with E-state index in [1.807, 2.05) is 44.2 Å². The number of carbonyl (C=O) groups excluding carboxylic acids is 3. The zero-order valence-electron chi connectivity index (χ0n) is 26.9. The predicted octanol–water partition coefficient (Wildman–Crippen LogP) is 2.33. The van der Waals surface area contributed by atoms with Crippen LogP contribution in [0.25, 0.3) is 0 Å². The quantitative estimate of drug-likeness (QED) is 0.300. The monoisotopic (exact) mass is 622 g/mol. The number of benzene rings is 1. The molecule has 10 heteroatoms. The van der Waals surface area contributed by atoms with E-state index in [1.54, 1.807) is 26.9 Å². The lowest BCUT2D eigenvalue weighted by Crippen LogP contribution is -2.59. The molecule has 1 aromatic rings. The molecule has 0 radical (unpaired) electrons. The minimum Gasteiger partial charge on any atom is -0.394 e. The van der Waals surface area contributed by atoms with Gasteiger partial charge in [0.2, 0.25) is 17.7 Å². The molecule has 0 aliphatic carbocycles. The minimum atomic E-state index is -1.13. The number of aliphatic hydroxyl groups is 1. The Bertz CT molecular complexity index is 1220. The predicted molar refractivity (Wildman–Crippen MR) is 171 cm³/mol. The van der Waals surface area contributed by atoms with Crippen LogP contribution < -0.4 is 0 Å². The molecule has 10 nitrogen and oxygen atoms in total. The molecule has 5 rings (SSSR count). The highest BCUT2D eigenvalue weighted by Gasteiger charge is 2.75. The van der Waals surface area contributed by atoms with Crippen LogP contribution in [0.4, 0.5) is 0 Å². The average molecular weight is 623 g/mol. The van der Waals surface area contributed by atoms with Crippen LogP contribution in [0.15, 0.2) is 55.6 Å². The average Bonchev–Trinajstić information content (AvgIpc) is 3.69. The second-order valence-electron chi connectivity index (χ2n) is 13.3. The number of nitrogens with zero attached hydrogens (tertiary/aromatic N) is 4. The molecule has 4 aliphatic heterocycles. The van der Waals surface area contributed by atoms with E-state index in [9.17, 15) is 19.5 Å². The Balaban J connectivity index is 1.48. The van der Waals surface area contributed by atoms with Crippen molar-refractivity contribution in [3.63, 3.8) is 0 Å². The zero-order valence-corrected chi connectivity index (χ0v) is 26.9. The number of hydrogen-bond donors (Lipinski definition) is 1. The molecule has 6 atom stereocenters. The summed E-state index contributed by atoms with van der Waals surface area (Å²) in [6, 6.07) is 8.26. The molecule has 4 fully saturated rings. The smallest absolute Gasteiger partial charge is 0.248 e. The van der Waals surface area contributed by atoms with Gasteiger partial charge in [-0.25, -0.2) is 0 Å². The number of hydrogen-bond acceptors (Lipinski definition) is 7. The summed E-state index contributed by atoms with van der Waals surface area (Å²) < 4.78 is 12.2. The number of ether oxygens (including phenoxy) is 2. The first-order valence-electron chi connectivity index (χ1n) is 16.5. The Labute approximate surface area is 267 Å². The van der Waals surface area contributed by atoms with Gasteiger partial charge >= 0.3 is 0 Å². The molecule has 3 amide bonds. The van der Waals surface area contributed by atoms with Crippen molar-refractivity contribution in [3.8, 4) is 0 Å². The highest BCUT2D eigenvalue weighted by atomic mass is 16.5. The van der Waals surface area contributed by atoms with Gasteiger partial charge in [-0.05, 0) is 30.7 Å². The van der Waals surface area contributed by atoms with E-state index in [1.165, 1.54) is 0 Å². The molecule has 0 aromatic heterocycles. The van der Waals surface area contributed by atoms with Crippen LogP contribution in [0.5, 0.6) is 0 Å². The molecule has 1 N–H and O–H groups in total. The number of aliphatic hydroxyl groups excluding tert-OH is 1. The van der Waals surface area contributed by atoms with E-state index in [0.29, 0.717) is 65.2 Å². The molecule has 45 heavy (non-hydrogen) atoms. The first-order valence-corrected chi connectivity index (χ1v) is 16.5. The second kappa shape index (κ2) is 14.6. The van der Waals surface area contributed by atoms with Crippen LogP contribution >= 0.6 is 0 Å². The van der Waals surface area contributed by atoms with E-state index >= 15 is 0 Å². The number of rotatable bonds is 15. The molecule has 1 spiro atoms. The summed E-state index contributed by atoms with van der Waals surface area (Å²) in [7, 11) is 0. The van der Waals surface area contributed by atoms with Crippen LogP contribution in [0.2, 0.25) is 0 Å². The maximum atomic E-state index is 14.7. The van der Waals surface area contributed by atoms with Crippen molar-refractivity contribution < 1.29 is 29.0 Å². The fraction of sp³-hybridized carbons (Fsp3) is 0.629. The van der Waals surface area contributed by atoms with E-state index in [0.717, 1.165) is 18.7 Å². The van der Waals surface area contributed by atoms with Gasteiger partial charge in [-0.1, -0.05) is 56.3 Å². The van der Waals surface area contributed by atoms with Crippen molar-refractivity contribution in [1.82, 2.24) is 19.6 Å². The Kier molecular flexibility index (Phi) is 10.8. The van der Waals surface area contributed by atoms with Crippen LogP contribution in [-0.4, -0.2) is 125 Å². The highest BCUT2D eigenvalue weighted by molar-refractivity contribution is 5.99. The lowest BCUT2D eigenvalue weighted by molar-refractivity contribution is -0.152. The lowest BCUT2D eigenvalue weighted by Gasteiger charge is -2.40. The number of fused-ring (bicyclic) bond motifs is 1. The van der Waals surface area contributed by atoms with Gasteiger partial charge in [0, 0.05) is 45.8 Å². The Morgan fingerprint density at radius 1 is 1.09 bits per heavy atom. The SMILES string of the molecule is C=CCN(CCN1CCOCC1)C(=O)C1N([C@@H](CO)CC(C)C)C(=O)[C@@H]2[C@H](C(=O)N(CC=C)Cc3ccccc3)[C@@H]3CCC12O3. The van der Waals surface area contributed by atoms with Crippen molar-refractivity contribution in [3.05, 3.63) is 61.2 Å². The Hall–Kier alpha value is -3.05. The second-order valence-corrected chi connectivity index (χ2v) is 13.3. The van der Waals surface area contributed by atoms with Gasteiger partial charge < -0.3 is 29.3 Å². The summed E-state index contributed by atoms with van der Waals surface area (Å²) in [4.78, 5) is 51.1. The molecule has 4 aliphatic rings. The van der Waals surface area contributed by atoms with Crippen molar-refractivity contribution in [2.24, 2.45) is 17.8 Å². The Morgan fingerprint density at radius 2 is 1.78 bits per heavy atom. The first-order chi connectivity index (χ1) is 21.7. The van der Waals surface area contributed by atoms with Gasteiger partial charge in [-0.15, -0.1) is 13.2 Å². The fourth-order valence-corrected chi connectivity index (χ4v) is 7.98. The summed E-state index contributed by atoms with van der Waals surface area (Å²) in [6.45, 7) is 16.7. The summed E-state index contributed by atoms with van der Waals surface area (Å²) in [5.74, 6) is -1.96. The van der Waals surface area contributed by atoms with E-state index in [2.05, 4.69) is 18.1 Å². The maximum Gasteiger partial charge on any atom is 0.248 e. The van der Waals surface area contributed by atoms with Gasteiger partial charge in [0.05, 0.1) is 43.8 Å². The van der Waals surface area contributed by atoms with Crippen LogP contribution in [-0.2, 0) is 30.4 Å². The normalized spacial score (nSPS) is 28.3. The van der Waals surface area contributed by atoms with Crippen molar-refractivity contribution in [1.29, 1.82) is 0 Å². The molecular weight excluding hydrogens is 572 g/mol. The molecule has 4 heterocycles. The standard InChI is InChI=1S/C35H50N4O6/c1-5-14-37(17-16-36-18-20-44-21-19-36)34(43)31-35-13-12-28(45-35)29(30(35)33(42)39(31)27(24-40)22-25(3)4)32(41)38(15-6-2)23-26-10-8-7-9-11-26/h5-11,25,27-31,40H,1-2,12-24H2,3-4H3/t27-,28+,29-,30+,31?,35?/m1/s1. The van der Waals surface area contributed by atoms with Gasteiger partial charge in [-0.2, -0.15) is 0 Å². The number of morpholine rings is 1. The molecular formula is C35H50N4O6. The van der Waals surface area contributed by atoms with Crippen molar-refractivity contribution >= 4 is 17.7 Å². The molecule has 2 bridgehead atoms. The maximum absolute atomic E-state index is 14.7. The Morgan fingerprint density at radius 3 is 2.42 bits per heavy atom. The van der Waals surface area contributed by atoms with Crippen LogP contribution in [0, 0.1) is 17.8 Å². The minimum absolute atomic E-state index is 0.156. The van der Waals surface area contributed by atoms with E-state index in [4.69, 9.17) is 9.47 Å². The number of amides is 3. The highest BCUT2D eigenvalue weighted by Crippen LogP contribution is 2.59. The van der Waals surface area contributed by atoms with Gasteiger partial charge in [0.25, 0.3) is 0 Å². The summed E-state index contributed by atoms with van der Waals surface area (Å²) in [6.07, 6.45) is 4.59. The van der Waals surface area contributed by atoms with Gasteiger partial charge in [0.1, 0.15) is 11.6 Å². The number of carbonyl (C=O) groups is 3. The lowest BCUT2D eigenvalue weighted by atomic mass is 9.70. The number of likely N-dealkylation sites (tertiary alicyclic amines) is 1. The van der Waals surface area contributed by atoms with Crippen LogP contribution in [0.1, 0.15) is 38.7 Å². The first kappa shape index (κ1) is 33.3. The molecule has 246 valence electrons. The largest absolute Gasteiger partial charge is 0.394 e. The fourth-order valence-electron chi connectivity index (χ4n) is 7.98. The van der Waals surface area contributed by atoms with Gasteiger partial charge in [0.15, 0.2) is 0 Å². The third-order valence-electron chi connectivity index (χ3n) is 9.93. The molecule has 4 saturated heterocycles. The van der Waals surface area contributed by atoms with Gasteiger partial charge in [-0.3, -0.25) is 19.3 Å².